The van der Waals surface area contributed by atoms with Crippen LogP contribution in [0.3, 0.4) is 0 Å². The molecular weight excluding hydrogens is 394 g/mol. The van der Waals surface area contributed by atoms with Crippen molar-refractivity contribution in [1.29, 1.82) is 0 Å². The molecule has 0 bridgehead atoms. The Bertz CT molecular complexity index is 1150. The number of furan rings is 1. The van der Waals surface area contributed by atoms with Gasteiger partial charge in [-0.25, -0.2) is 0 Å². The molecule has 0 amide bonds. The number of hydrogen-bond acceptors (Lipinski definition) is 6. The third-order valence-electron chi connectivity index (χ3n) is 5.18. The first-order chi connectivity index (χ1) is 13.4. The van der Waals surface area contributed by atoms with E-state index in [4.69, 9.17) is 8.94 Å². The minimum absolute atomic E-state index is 0.00603. The zero-order valence-corrected chi connectivity index (χ0v) is 15.1. The summed E-state index contributed by atoms with van der Waals surface area (Å²) in [6.07, 6.45) is 3.62. The van der Waals surface area contributed by atoms with E-state index in [2.05, 4.69) is 14.6 Å². The van der Waals surface area contributed by atoms with Gasteiger partial charge in [0.2, 0.25) is 5.09 Å². The summed E-state index contributed by atoms with van der Waals surface area (Å²) in [6, 6.07) is 7.54. The molecule has 146 valence electrons. The molecule has 0 atom stereocenters. The highest BCUT2D eigenvalue weighted by Crippen LogP contribution is 2.58. The first-order valence-electron chi connectivity index (χ1n) is 8.53. The molecule has 0 unspecified atom stereocenters. The van der Waals surface area contributed by atoms with Crippen molar-refractivity contribution in [1.82, 2.24) is 5.16 Å². The Balaban J connectivity index is 1.57. The molecule has 2 heterocycles. The van der Waals surface area contributed by atoms with Gasteiger partial charge >= 0.3 is 6.61 Å². The topological polar surface area (TPSA) is 94.6 Å². The highest BCUT2D eigenvalue weighted by Gasteiger charge is 2.50. The third-order valence-corrected chi connectivity index (χ3v) is 6.40. The van der Waals surface area contributed by atoms with Crippen molar-refractivity contribution >= 4 is 15.8 Å². The minimum Gasteiger partial charge on any atom is -0.451 e. The molecule has 1 fully saturated rings. The van der Waals surface area contributed by atoms with Crippen molar-refractivity contribution in [3.05, 3.63) is 47.7 Å². The fourth-order valence-electron chi connectivity index (χ4n) is 3.74. The Kier molecular flexibility index (Phi) is 3.57. The van der Waals surface area contributed by atoms with Gasteiger partial charge in [-0.15, -0.1) is 0 Å². The van der Waals surface area contributed by atoms with E-state index in [1.807, 2.05) is 0 Å². The summed E-state index contributed by atoms with van der Waals surface area (Å²) < 4.78 is 67.4. The number of alkyl halides is 2. The number of ether oxygens (including phenoxy) is 1. The Hall–Kier alpha value is -2.88. The maximum absolute atomic E-state index is 12.6. The zero-order chi connectivity index (χ0) is 19.5. The maximum Gasteiger partial charge on any atom is 0.387 e. The van der Waals surface area contributed by atoms with Crippen molar-refractivity contribution < 1.29 is 30.9 Å². The van der Waals surface area contributed by atoms with Gasteiger partial charge in [0.25, 0.3) is 10.0 Å². The lowest BCUT2D eigenvalue weighted by atomic mass is 9.79. The molecule has 0 aliphatic heterocycles. The molecule has 3 aromatic rings. The van der Waals surface area contributed by atoms with Crippen LogP contribution < -0.4 is 9.46 Å². The number of nitrogens with zero attached hydrogens (tertiary/aromatic N) is 1. The van der Waals surface area contributed by atoms with Crippen LogP contribution in [0.4, 0.5) is 14.6 Å². The van der Waals surface area contributed by atoms with Crippen molar-refractivity contribution in [3.8, 4) is 17.1 Å². The summed E-state index contributed by atoms with van der Waals surface area (Å²) in [5.74, 6) is 0.430. The summed E-state index contributed by atoms with van der Waals surface area (Å²) >= 11 is 0. The number of fused-ring (bicyclic) bond motifs is 4. The predicted molar refractivity (Wildman–Crippen MR) is 92.7 cm³/mol. The van der Waals surface area contributed by atoms with Gasteiger partial charge < -0.3 is 13.7 Å². The van der Waals surface area contributed by atoms with Gasteiger partial charge in [0.1, 0.15) is 5.75 Å². The molecule has 7 nitrogen and oxygen atoms in total. The van der Waals surface area contributed by atoms with Crippen molar-refractivity contribution in [2.24, 2.45) is 0 Å². The average molecular weight is 408 g/mol. The molecule has 2 aliphatic carbocycles. The van der Waals surface area contributed by atoms with Crippen molar-refractivity contribution in [2.45, 2.75) is 36.4 Å². The molecular formula is C18H14F2N2O5S. The van der Waals surface area contributed by atoms with Gasteiger partial charge in [-0.2, -0.15) is 17.2 Å². The standard InChI is InChI=1S/C18H14F2N2O5S/c19-17(20)26-10-3-4-13-11(8-10)15-12(9-18(13)5-6-18)16(21-27-15)22-28(23,24)14-2-1-7-25-14/h1-4,7-8,17H,5-6,9H2,(H,21,22). The van der Waals surface area contributed by atoms with Gasteiger partial charge in [-0.3, -0.25) is 4.72 Å². The number of halogens is 2. The fraction of sp³-hybridized carbons (Fsp3) is 0.278. The Morgan fingerprint density at radius 1 is 1.25 bits per heavy atom. The van der Waals surface area contributed by atoms with Crippen LogP contribution in [0.15, 0.2) is 50.6 Å². The van der Waals surface area contributed by atoms with E-state index in [-0.39, 0.29) is 22.1 Å². The number of aromatic nitrogens is 1. The summed E-state index contributed by atoms with van der Waals surface area (Å²) in [5.41, 5.74) is 1.99. The summed E-state index contributed by atoms with van der Waals surface area (Å²) in [7, 11) is -3.95. The molecule has 1 N–H and O–H groups in total. The molecule has 2 aromatic heterocycles. The van der Waals surface area contributed by atoms with Crippen molar-refractivity contribution in [2.75, 3.05) is 4.72 Å². The van der Waals surface area contributed by atoms with Crippen LogP contribution in [0.5, 0.6) is 5.75 Å². The first kappa shape index (κ1) is 17.2. The van der Waals surface area contributed by atoms with E-state index >= 15 is 0 Å². The zero-order valence-electron chi connectivity index (χ0n) is 14.3. The third kappa shape index (κ3) is 2.67. The van der Waals surface area contributed by atoms with E-state index in [0.29, 0.717) is 23.3 Å². The normalized spacial score (nSPS) is 16.7. The summed E-state index contributed by atoms with van der Waals surface area (Å²) in [4.78, 5) is 0. The van der Waals surface area contributed by atoms with Crippen LogP contribution >= 0.6 is 0 Å². The second kappa shape index (κ2) is 5.81. The Labute approximate surface area is 158 Å². The minimum atomic E-state index is -3.95. The SMILES string of the molecule is O=S(=O)(Nc1noc2c1CC1(CC1)c1ccc(OC(F)F)cc1-2)c1ccco1. The van der Waals surface area contributed by atoms with E-state index in [0.717, 1.165) is 18.4 Å². The second-order valence-electron chi connectivity index (χ2n) is 6.92. The molecule has 2 aliphatic rings. The molecule has 10 heteroatoms. The highest BCUT2D eigenvalue weighted by molar-refractivity contribution is 7.92. The molecule has 1 saturated carbocycles. The average Bonchev–Trinajstić information content (AvgIpc) is 3.05. The first-order valence-corrected chi connectivity index (χ1v) is 10.0. The van der Waals surface area contributed by atoms with Crippen LogP contribution in [0, 0.1) is 0 Å². The molecule has 5 rings (SSSR count). The lowest BCUT2D eigenvalue weighted by Crippen LogP contribution is -2.19. The lowest BCUT2D eigenvalue weighted by Gasteiger charge is -2.24. The number of benzene rings is 1. The predicted octanol–water partition coefficient (Wildman–Crippen LogP) is 3.92. The van der Waals surface area contributed by atoms with Crippen LogP contribution in [-0.2, 0) is 21.9 Å². The highest BCUT2D eigenvalue weighted by atomic mass is 32.2. The van der Waals surface area contributed by atoms with E-state index in [1.165, 1.54) is 30.5 Å². The van der Waals surface area contributed by atoms with E-state index in [9.17, 15) is 17.2 Å². The van der Waals surface area contributed by atoms with Crippen LogP contribution in [0.2, 0.25) is 0 Å². The number of anilines is 1. The summed E-state index contributed by atoms with van der Waals surface area (Å²) in [5, 5.41) is 3.64. The Morgan fingerprint density at radius 2 is 2.07 bits per heavy atom. The van der Waals surface area contributed by atoms with Crippen LogP contribution in [0.1, 0.15) is 24.0 Å². The van der Waals surface area contributed by atoms with Crippen LogP contribution in [0.25, 0.3) is 11.3 Å². The number of hydrogen-bond donors (Lipinski definition) is 1. The lowest BCUT2D eigenvalue weighted by molar-refractivity contribution is -0.0498. The van der Waals surface area contributed by atoms with Crippen LogP contribution in [-0.4, -0.2) is 20.2 Å². The monoisotopic (exact) mass is 408 g/mol. The van der Waals surface area contributed by atoms with E-state index < -0.39 is 16.6 Å². The fourth-order valence-corrected chi connectivity index (χ4v) is 4.69. The van der Waals surface area contributed by atoms with Gasteiger partial charge in [0.05, 0.1) is 6.26 Å². The smallest absolute Gasteiger partial charge is 0.387 e. The molecule has 0 radical (unpaired) electrons. The quantitative estimate of drug-likeness (QED) is 0.688. The summed E-state index contributed by atoms with van der Waals surface area (Å²) in [6.45, 7) is -2.94. The van der Waals surface area contributed by atoms with Gasteiger partial charge in [-0.1, -0.05) is 11.2 Å². The molecule has 28 heavy (non-hydrogen) atoms. The van der Waals surface area contributed by atoms with Gasteiger partial charge in [-0.05, 0) is 49.1 Å². The number of sulfonamides is 1. The largest absolute Gasteiger partial charge is 0.451 e. The van der Waals surface area contributed by atoms with Gasteiger partial charge in [0, 0.05) is 16.5 Å². The Morgan fingerprint density at radius 3 is 2.75 bits per heavy atom. The van der Waals surface area contributed by atoms with Gasteiger partial charge in [0.15, 0.2) is 11.6 Å². The molecule has 1 aromatic carbocycles. The number of nitrogens with one attached hydrogen (secondary N) is 1. The van der Waals surface area contributed by atoms with Crippen molar-refractivity contribution in [3.63, 3.8) is 0 Å². The second-order valence-corrected chi connectivity index (χ2v) is 8.53. The number of rotatable bonds is 5. The molecule has 1 spiro atoms. The van der Waals surface area contributed by atoms with E-state index in [1.54, 1.807) is 6.07 Å². The maximum atomic E-state index is 12.6. The molecule has 0 saturated heterocycles.